The molecule has 0 unspecified atom stereocenters. The molecule has 10 heteroatoms. The zero-order valence-electron chi connectivity index (χ0n) is 31.3. The third-order valence-electron chi connectivity index (χ3n) is 5.15. The number of hydrogen-bond donors (Lipinski definition) is 2. The predicted molar refractivity (Wildman–Crippen MR) is 210 cm³/mol. The number of hydrogen-bond acceptors (Lipinski definition) is 2. The average molecular weight is 874 g/mol. The second kappa shape index (κ2) is 28.2. The fourth-order valence-corrected chi connectivity index (χ4v) is 11.4. The van der Waals surface area contributed by atoms with Gasteiger partial charge in [0.25, 0.3) is 0 Å². The van der Waals surface area contributed by atoms with Gasteiger partial charge in [-0.15, -0.1) is 0 Å². The van der Waals surface area contributed by atoms with E-state index in [9.17, 15) is 9.59 Å². The molecule has 0 spiro atoms. The Kier molecular flexibility index (Phi) is 31.3. The molecule has 268 valence electrons. The van der Waals surface area contributed by atoms with Crippen LogP contribution in [0.25, 0.3) is 0 Å². The summed E-state index contributed by atoms with van der Waals surface area (Å²) in [5.74, 6) is -1.55. The van der Waals surface area contributed by atoms with Crippen molar-refractivity contribution in [3.8, 4) is 0 Å². The van der Waals surface area contributed by atoms with Crippen molar-refractivity contribution in [2.24, 2.45) is 0 Å². The molecular formula is C38H58O4Si4Zr2-10. The van der Waals surface area contributed by atoms with Crippen LogP contribution >= 0.6 is 0 Å². The van der Waals surface area contributed by atoms with Crippen molar-refractivity contribution < 1.29 is 72.2 Å². The van der Waals surface area contributed by atoms with Crippen LogP contribution in [0.5, 0.6) is 0 Å². The first-order chi connectivity index (χ1) is 21.1. The molecule has 48 heavy (non-hydrogen) atoms. The summed E-state index contributed by atoms with van der Waals surface area (Å²) in [5.41, 5.74) is 6.43. The van der Waals surface area contributed by atoms with Crippen LogP contribution in [0.2, 0.25) is 78.6 Å². The maximum Gasteiger partial charge on any atom is 0.164 e. The van der Waals surface area contributed by atoms with Gasteiger partial charge in [0, 0.05) is 68.6 Å². The minimum Gasteiger partial charge on any atom is -0.748 e. The third kappa shape index (κ3) is 35.8. The van der Waals surface area contributed by atoms with E-state index in [0.717, 1.165) is 0 Å². The Morgan fingerprint density at radius 2 is 0.625 bits per heavy atom. The first-order valence-corrected chi connectivity index (χ1v) is 29.5. The molecule has 0 saturated carbocycles. The van der Waals surface area contributed by atoms with Crippen LogP contribution in [0.4, 0.5) is 0 Å². The fraction of sp³-hybridized carbons (Fsp3) is 0.316. The summed E-state index contributed by atoms with van der Waals surface area (Å²) in [6.07, 6.45) is 0. The summed E-state index contributed by atoms with van der Waals surface area (Å²) in [5, 5.41) is 19.2. The van der Waals surface area contributed by atoms with E-state index in [4.69, 9.17) is 10.2 Å². The maximum absolute atomic E-state index is 11.0. The number of aliphatic carboxylic acids is 2. The van der Waals surface area contributed by atoms with Crippen LogP contribution in [0.1, 0.15) is 0 Å². The fourth-order valence-electron chi connectivity index (χ4n) is 3.16. The van der Waals surface area contributed by atoms with Crippen molar-refractivity contribution in [3.05, 3.63) is 143 Å². The molecule has 0 fully saturated rings. The van der Waals surface area contributed by atoms with Gasteiger partial charge in [0.15, 0.2) is 11.9 Å². The Morgan fingerprint density at radius 1 is 0.438 bits per heavy atom. The summed E-state index contributed by atoms with van der Waals surface area (Å²) in [4.78, 5) is 22.0. The number of carbonyl (C=O) groups is 2. The quantitative estimate of drug-likeness (QED) is 0.115. The average Bonchev–Trinajstić information content (AvgIpc) is 3.75. The van der Waals surface area contributed by atoms with E-state index in [1.54, 1.807) is 0 Å². The van der Waals surface area contributed by atoms with Crippen LogP contribution < -0.4 is 0 Å². The molecule has 4 aromatic rings. The smallest absolute Gasteiger partial charge is 0.164 e. The van der Waals surface area contributed by atoms with Crippen LogP contribution in [0.3, 0.4) is 0 Å². The zero-order chi connectivity index (χ0) is 35.9. The molecule has 0 radical (unpaired) electrons. The van der Waals surface area contributed by atoms with Gasteiger partial charge in [0.1, 0.15) is 0 Å². The van der Waals surface area contributed by atoms with Gasteiger partial charge in [0.2, 0.25) is 0 Å². The van der Waals surface area contributed by atoms with E-state index in [-0.39, 0.29) is 52.4 Å². The summed E-state index contributed by atoms with van der Waals surface area (Å²) < 4.78 is 0. The van der Waals surface area contributed by atoms with E-state index >= 15 is 0 Å². The van der Waals surface area contributed by atoms with Gasteiger partial charge in [-0.2, -0.15) is 65.0 Å². The van der Waals surface area contributed by atoms with Crippen molar-refractivity contribution >= 4 is 44.2 Å². The summed E-state index contributed by atoms with van der Waals surface area (Å²) in [7, 11) is -6.49. The molecule has 0 amide bonds. The molecule has 4 rings (SSSR count). The van der Waals surface area contributed by atoms with Gasteiger partial charge < -0.3 is 50.1 Å². The molecule has 0 aliphatic carbocycles. The van der Waals surface area contributed by atoms with Crippen molar-refractivity contribution in [2.45, 2.75) is 78.6 Å². The van der Waals surface area contributed by atoms with Crippen LogP contribution in [0.15, 0.2) is 132 Å². The molecule has 4 nitrogen and oxygen atoms in total. The number of carboxylic acid groups (broad SMARTS) is 2. The van der Waals surface area contributed by atoms with Crippen LogP contribution in [-0.4, -0.2) is 54.4 Å². The van der Waals surface area contributed by atoms with E-state index in [1.165, 1.54) is 0 Å². The van der Waals surface area contributed by atoms with E-state index in [2.05, 4.69) is 50.7 Å². The number of rotatable bonds is 6. The third-order valence-corrected chi connectivity index (χ3v) is 11.3. The molecule has 0 aromatic heterocycles. The Morgan fingerprint density at radius 3 is 0.688 bits per heavy atom. The summed E-state index contributed by atoms with van der Waals surface area (Å²) in [6, 6.07) is 40.0. The number of carboxylic acids is 2. The Bertz CT molecular complexity index is 1070. The molecule has 4 aromatic carbocycles. The van der Waals surface area contributed by atoms with Crippen molar-refractivity contribution in [2.75, 3.05) is 0 Å². The van der Waals surface area contributed by atoms with E-state index in [0.29, 0.717) is 10.4 Å². The predicted octanol–water partition coefficient (Wildman–Crippen LogP) is 10.7. The molecule has 0 saturated heterocycles. The summed E-state index contributed by atoms with van der Waals surface area (Å²) in [6.45, 7) is 24.9. The minimum absolute atomic E-state index is 0. The van der Waals surface area contributed by atoms with Gasteiger partial charge in [-0.05, 0) is 16.1 Å². The van der Waals surface area contributed by atoms with Gasteiger partial charge in [0.05, 0.1) is 0 Å². The largest absolute Gasteiger partial charge is 0.748 e. The van der Waals surface area contributed by atoms with Crippen molar-refractivity contribution in [1.29, 1.82) is 0 Å². The molecule has 0 aliphatic rings. The van der Waals surface area contributed by atoms with Gasteiger partial charge >= 0.3 is 0 Å². The van der Waals surface area contributed by atoms with Crippen LogP contribution in [0, 0.1) is 11.4 Å². The first-order valence-electron chi connectivity index (χ1n) is 15.5. The standard InChI is InChI=1S/2C9H19O2Si2.4C5H5.2Zr/c2*1-12(2,3)7-8(9(10)11)13(4,5)6;4*1-2-4-5-3-1;;/h2*1-6H3,(H,10,11);4*1-5H;;/q2*-1;-5;3*-1;;. The molecule has 0 heterocycles. The molecule has 0 atom stereocenters. The topological polar surface area (TPSA) is 74.6 Å². The molecule has 2 N–H and O–H groups in total. The maximum atomic E-state index is 11.0. The Balaban J connectivity index is -0.000000253. The minimum atomic E-state index is -1.72. The Labute approximate surface area is 335 Å². The zero-order valence-corrected chi connectivity index (χ0v) is 40.2. The second-order valence-electron chi connectivity index (χ2n) is 14.5. The normalized spacial score (nSPS) is 11.2. The van der Waals surface area contributed by atoms with E-state index in [1.807, 2.05) is 161 Å². The van der Waals surface area contributed by atoms with Gasteiger partial charge in [-0.3, -0.25) is 11.4 Å². The van der Waals surface area contributed by atoms with Gasteiger partial charge in [-0.1, -0.05) is 78.6 Å². The van der Waals surface area contributed by atoms with Crippen LogP contribution in [-0.2, 0) is 62.0 Å². The monoisotopic (exact) mass is 870 g/mol. The van der Waals surface area contributed by atoms with Crippen molar-refractivity contribution in [1.82, 2.24) is 0 Å². The second-order valence-corrected chi connectivity index (χ2v) is 34.0. The summed E-state index contributed by atoms with van der Waals surface area (Å²) >= 11 is 0. The Hall–Kier alpha value is -1.55. The SMILES string of the molecule is C[Si](C)(C)[C-]=C(C(=O)O)[Si](C)(C)C.C[Si](C)(C)[C-]=C(C(=O)O)[Si](C)(C)C.[Zr].[Zr].[cH-]1[cH-][cH-][cH-][cH-]1.c1cc[cH-]c1.c1cc[cH-]c1.c1cc[cH-]c1. The van der Waals surface area contributed by atoms with Crippen molar-refractivity contribution in [3.63, 3.8) is 0 Å². The molecule has 0 bridgehead atoms. The van der Waals surface area contributed by atoms with E-state index < -0.39 is 44.2 Å². The molecule has 0 aliphatic heterocycles. The first kappa shape index (κ1) is 53.3. The van der Waals surface area contributed by atoms with Gasteiger partial charge in [-0.25, -0.2) is 36.4 Å². The molecular weight excluding hydrogens is 815 g/mol.